The number of likely N-dealkylation sites (N-methyl/N-ethyl adjacent to an activating group) is 1. The van der Waals surface area contributed by atoms with Gasteiger partial charge in [0.1, 0.15) is 11.5 Å². The first-order valence-corrected chi connectivity index (χ1v) is 7.54. The van der Waals surface area contributed by atoms with Crippen molar-refractivity contribution in [2.45, 2.75) is 26.3 Å². The minimum Gasteiger partial charge on any atom is -0.461 e. The molecular formula is C15H17BrClNO. The molecule has 0 aliphatic heterocycles. The average Bonchev–Trinajstić information content (AvgIpc) is 2.81. The molecule has 0 aliphatic carbocycles. The molecule has 1 N–H and O–H groups in total. The molecule has 19 heavy (non-hydrogen) atoms. The molecule has 0 aliphatic rings. The van der Waals surface area contributed by atoms with Gasteiger partial charge < -0.3 is 9.73 Å². The summed E-state index contributed by atoms with van der Waals surface area (Å²) in [6.45, 7) is 5.23. The molecule has 1 atom stereocenters. The average molecular weight is 343 g/mol. The summed E-state index contributed by atoms with van der Waals surface area (Å²) in [5.74, 6) is 1.84. The van der Waals surface area contributed by atoms with Crippen LogP contribution in [0.2, 0.25) is 5.02 Å². The van der Waals surface area contributed by atoms with Crippen molar-refractivity contribution in [3.8, 4) is 11.3 Å². The van der Waals surface area contributed by atoms with E-state index >= 15 is 0 Å². The van der Waals surface area contributed by atoms with Crippen LogP contribution >= 0.6 is 27.5 Å². The normalized spacial score (nSPS) is 12.6. The molecule has 2 aromatic rings. The maximum atomic E-state index is 6.10. The van der Waals surface area contributed by atoms with E-state index in [9.17, 15) is 0 Å². The van der Waals surface area contributed by atoms with Crippen LogP contribution in [0.3, 0.4) is 0 Å². The van der Waals surface area contributed by atoms with Gasteiger partial charge in [-0.15, -0.1) is 0 Å². The Hall–Kier alpha value is -0.770. The fourth-order valence-electron chi connectivity index (χ4n) is 2.01. The monoisotopic (exact) mass is 341 g/mol. The molecule has 0 radical (unpaired) electrons. The number of hydrogen-bond donors (Lipinski definition) is 1. The summed E-state index contributed by atoms with van der Waals surface area (Å²) in [6, 6.07) is 10.3. The van der Waals surface area contributed by atoms with Crippen molar-refractivity contribution in [1.82, 2.24) is 5.32 Å². The van der Waals surface area contributed by atoms with Crippen molar-refractivity contribution >= 4 is 27.5 Å². The SMILES string of the molecule is CCNC(C)Cc1ccc(-c2ccc(Br)c(Cl)c2)o1. The zero-order valence-corrected chi connectivity index (χ0v) is 13.4. The van der Waals surface area contributed by atoms with Crippen LogP contribution in [0.4, 0.5) is 0 Å². The number of furan rings is 1. The maximum absolute atomic E-state index is 6.10. The Bertz CT molecular complexity index is 553. The molecule has 2 rings (SSSR count). The van der Waals surface area contributed by atoms with Crippen LogP contribution in [0, 0.1) is 0 Å². The second-order valence-corrected chi connectivity index (χ2v) is 5.82. The summed E-state index contributed by atoms with van der Waals surface area (Å²) in [4.78, 5) is 0. The van der Waals surface area contributed by atoms with E-state index in [1.807, 2.05) is 30.3 Å². The topological polar surface area (TPSA) is 25.2 Å². The predicted molar refractivity (Wildman–Crippen MR) is 83.7 cm³/mol. The highest BCUT2D eigenvalue weighted by Crippen LogP contribution is 2.30. The summed E-state index contributed by atoms with van der Waals surface area (Å²) in [5, 5.41) is 4.06. The molecule has 102 valence electrons. The number of rotatable bonds is 5. The molecule has 0 spiro atoms. The van der Waals surface area contributed by atoms with Crippen LogP contribution in [0.5, 0.6) is 0 Å². The molecule has 0 fully saturated rings. The maximum Gasteiger partial charge on any atom is 0.134 e. The fraction of sp³-hybridized carbons (Fsp3) is 0.333. The number of benzene rings is 1. The van der Waals surface area contributed by atoms with Gasteiger partial charge in [0.25, 0.3) is 0 Å². The summed E-state index contributed by atoms with van der Waals surface area (Å²) in [7, 11) is 0. The Balaban J connectivity index is 2.14. The van der Waals surface area contributed by atoms with E-state index in [0.29, 0.717) is 11.1 Å². The highest BCUT2D eigenvalue weighted by molar-refractivity contribution is 9.10. The summed E-state index contributed by atoms with van der Waals surface area (Å²) < 4.78 is 6.76. The smallest absolute Gasteiger partial charge is 0.134 e. The minimum absolute atomic E-state index is 0.414. The third-order valence-corrected chi connectivity index (χ3v) is 4.16. The van der Waals surface area contributed by atoms with E-state index in [1.165, 1.54) is 0 Å². The molecule has 1 aromatic carbocycles. The number of nitrogens with one attached hydrogen (secondary N) is 1. The molecule has 2 nitrogen and oxygen atoms in total. The van der Waals surface area contributed by atoms with Gasteiger partial charge in [-0.2, -0.15) is 0 Å². The molecule has 4 heteroatoms. The van der Waals surface area contributed by atoms with Crippen LogP contribution in [-0.4, -0.2) is 12.6 Å². The standard InChI is InChI=1S/C15H17BrClNO/c1-3-18-10(2)8-12-5-7-15(19-12)11-4-6-13(16)14(17)9-11/h4-7,9-10,18H,3,8H2,1-2H3. The van der Waals surface area contributed by atoms with Crippen LogP contribution in [0.15, 0.2) is 39.2 Å². The zero-order valence-electron chi connectivity index (χ0n) is 11.0. The van der Waals surface area contributed by atoms with Crippen LogP contribution in [0.25, 0.3) is 11.3 Å². The Kier molecular flexibility index (Phi) is 5.08. The van der Waals surface area contributed by atoms with Gasteiger partial charge in [0.15, 0.2) is 0 Å². The Morgan fingerprint density at radius 2 is 2.11 bits per heavy atom. The zero-order chi connectivity index (χ0) is 13.8. The Morgan fingerprint density at radius 1 is 1.32 bits per heavy atom. The van der Waals surface area contributed by atoms with Crippen molar-refractivity contribution < 1.29 is 4.42 Å². The van der Waals surface area contributed by atoms with E-state index in [4.69, 9.17) is 16.0 Å². The van der Waals surface area contributed by atoms with E-state index in [1.54, 1.807) is 0 Å². The first-order chi connectivity index (χ1) is 9.10. The van der Waals surface area contributed by atoms with E-state index in [2.05, 4.69) is 35.1 Å². The second kappa shape index (κ2) is 6.60. The van der Waals surface area contributed by atoms with Crippen molar-refractivity contribution in [2.75, 3.05) is 6.54 Å². The quantitative estimate of drug-likeness (QED) is 0.835. The van der Waals surface area contributed by atoms with Crippen molar-refractivity contribution in [3.63, 3.8) is 0 Å². The first-order valence-electron chi connectivity index (χ1n) is 6.37. The van der Waals surface area contributed by atoms with Crippen molar-refractivity contribution in [2.24, 2.45) is 0 Å². The molecule has 1 heterocycles. The lowest BCUT2D eigenvalue weighted by Crippen LogP contribution is -2.27. The summed E-state index contributed by atoms with van der Waals surface area (Å²) in [5.41, 5.74) is 0.996. The molecule has 1 aromatic heterocycles. The molecule has 0 saturated heterocycles. The van der Waals surface area contributed by atoms with Gasteiger partial charge in [0, 0.05) is 22.5 Å². The number of hydrogen-bond acceptors (Lipinski definition) is 2. The molecule has 0 amide bonds. The highest BCUT2D eigenvalue weighted by Gasteiger charge is 2.09. The molecule has 1 unspecified atom stereocenters. The van der Waals surface area contributed by atoms with E-state index in [0.717, 1.165) is 34.5 Å². The first kappa shape index (κ1) is 14.6. The fourth-order valence-corrected chi connectivity index (χ4v) is 2.44. The van der Waals surface area contributed by atoms with Crippen LogP contribution < -0.4 is 5.32 Å². The third kappa shape index (κ3) is 3.85. The minimum atomic E-state index is 0.414. The number of halogens is 2. The van der Waals surface area contributed by atoms with E-state index < -0.39 is 0 Å². The highest BCUT2D eigenvalue weighted by atomic mass is 79.9. The lowest BCUT2D eigenvalue weighted by molar-refractivity contribution is 0.470. The van der Waals surface area contributed by atoms with Gasteiger partial charge in [0.2, 0.25) is 0 Å². The lowest BCUT2D eigenvalue weighted by atomic mass is 10.2. The molecular weight excluding hydrogens is 326 g/mol. The summed E-state index contributed by atoms with van der Waals surface area (Å²) in [6.07, 6.45) is 0.887. The lowest BCUT2D eigenvalue weighted by Gasteiger charge is -2.09. The Labute approximate surface area is 127 Å². The summed E-state index contributed by atoms with van der Waals surface area (Å²) >= 11 is 9.48. The van der Waals surface area contributed by atoms with Gasteiger partial charge in [-0.1, -0.05) is 24.6 Å². The van der Waals surface area contributed by atoms with Crippen LogP contribution in [-0.2, 0) is 6.42 Å². The molecule has 0 bridgehead atoms. The third-order valence-electron chi connectivity index (χ3n) is 2.93. The second-order valence-electron chi connectivity index (χ2n) is 4.56. The van der Waals surface area contributed by atoms with E-state index in [-0.39, 0.29) is 0 Å². The Morgan fingerprint density at radius 3 is 2.79 bits per heavy atom. The van der Waals surface area contributed by atoms with Gasteiger partial charge in [-0.25, -0.2) is 0 Å². The van der Waals surface area contributed by atoms with Crippen molar-refractivity contribution in [3.05, 3.63) is 45.6 Å². The van der Waals surface area contributed by atoms with Gasteiger partial charge in [0.05, 0.1) is 5.02 Å². The molecule has 0 saturated carbocycles. The largest absolute Gasteiger partial charge is 0.461 e. The van der Waals surface area contributed by atoms with Crippen molar-refractivity contribution in [1.29, 1.82) is 0 Å². The predicted octanol–water partition coefficient (Wildman–Crippen LogP) is 4.90. The van der Waals surface area contributed by atoms with Gasteiger partial charge in [-0.3, -0.25) is 0 Å². The van der Waals surface area contributed by atoms with Gasteiger partial charge in [-0.05, 0) is 53.7 Å². The van der Waals surface area contributed by atoms with Crippen LogP contribution in [0.1, 0.15) is 19.6 Å². The van der Waals surface area contributed by atoms with Gasteiger partial charge >= 0.3 is 0 Å².